The van der Waals surface area contributed by atoms with E-state index in [-0.39, 0.29) is 0 Å². The van der Waals surface area contributed by atoms with Crippen molar-refractivity contribution in [3.63, 3.8) is 0 Å². The standard InChI is InChI=1S/C12H10N4/c13-12-7-11(16-6-5-14-8-16)9-3-1-2-4-10(9)15-12/h1-8H,(H2,13,15). The van der Waals surface area contributed by atoms with Crippen molar-refractivity contribution in [3.05, 3.63) is 49.1 Å². The summed E-state index contributed by atoms with van der Waals surface area (Å²) < 4.78 is 1.93. The fourth-order valence-corrected chi connectivity index (χ4v) is 1.79. The molecule has 0 saturated carbocycles. The molecule has 0 saturated heterocycles. The van der Waals surface area contributed by atoms with Crippen molar-refractivity contribution in [2.24, 2.45) is 0 Å². The minimum absolute atomic E-state index is 0.516. The SMILES string of the molecule is Nc1cc(-n2ccnc2)c2ccccc2n1. The molecule has 4 heteroatoms. The topological polar surface area (TPSA) is 56.7 Å². The maximum absolute atomic E-state index is 5.79. The fraction of sp³-hybridized carbons (Fsp3) is 0. The van der Waals surface area contributed by atoms with Crippen LogP contribution in [-0.2, 0) is 0 Å². The van der Waals surface area contributed by atoms with Crippen molar-refractivity contribution in [1.29, 1.82) is 0 Å². The first-order valence-electron chi connectivity index (χ1n) is 4.98. The smallest absolute Gasteiger partial charge is 0.126 e. The quantitative estimate of drug-likeness (QED) is 0.668. The lowest BCUT2D eigenvalue weighted by atomic mass is 10.2. The molecule has 0 atom stereocenters. The van der Waals surface area contributed by atoms with Gasteiger partial charge in [-0.3, -0.25) is 0 Å². The lowest BCUT2D eigenvalue weighted by Crippen LogP contribution is -1.97. The number of aromatic nitrogens is 3. The molecule has 3 rings (SSSR count). The molecule has 3 aromatic rings. The van der Waals surface area contributed by atoms with Crippen LogP contribution in [0.1, 0.15) is 0 Å². The van der Waals surface area contributed by atoms with Crippen LogP contribution in [0.4, 0.5) is 5.82 Å². The van der Waals surface area contributed by atoms with Crippen LogP contribution in [-0.4, -0.2) is 14.5 Å². The van der Waals surface area contributed by atoms with Gasteiger partial charge >= 0.3 is 0 Å². The Balaban J connectivity index is 2.39. The van der Waals surface area contributed by atoms with Crippen LogP contribution in [0.15, 0.2) is 49.1 Å². The highest BCUT2D eigenvalue weighted by Crippen LogP contribution is 2.22. The summed E-state index contributed by atoms with van der Waals surface area (Å²) in [5, 5.41) is 1.06. The molecule has 16 heavy (non-hydrogen) atoms. The molecular formula is C12H10N4. The molecule has 0 amide bonds. The van der Waals surface area contributed by atoms with Gasteiger partial charge in [-0.05, 0) is 6.07 Å². The number of fused-ring (bicyclic) bond motifs is 1. The molecule has 0 fully saturated rings. The van der Waals surface area contributed by atoms with E-state index in [1.165, 1.54) is 0 Å². The molecule has 0 spiro atoms. The Morgan fingerprint density at radius 2 is 2.06 bits per heavy atom. The van der Waals surface area contributed by atoms with Crippen molar-refractivity contribution in [2.45, 2.75) is 0 Å². The molecule has 0 bridgehead atoms. The number of rotatable bonds is 1. The highest BCUT2D eigenvalue weighted by atomic mass is 15.0. The first kappa shape index (κ1) is 8.91. The first-order valence-corrected chi connectivity index (χ1v) is 4.98. The third-order valence-corrected chi connectivity index (χ3v) is 2.50. The van der Waals surface area contributed by atoms with Gasteiger partial charge in [0.1, 0.15) is 5.82 Å². The van der Waals surface area contributed by atoms with Gasteiger partial charge in [-0.25, -0.2) is 9.97 Å². The highest BCUT2D eigenvalue weighted by molar-refractivity contribution is 5.88. The molecule has 0 aliphatic rings. The van der Waals surface area contributed by atoms with E-state index in [1.54, 1.807) is 12.5 Å². The Hall–Kier alpha value is -2.36. The summed E-state index contributed by atoms with van der Waals surface area (Å²) in [6, 6.07) is 9.76. The fourth-order valence-electron chi connectivity index (χ4n) is 1.79. The maximum Gasteiger partial charge on any atom is 0.126 e. The van der Waals surface area contributed by atoms with Gasteiger partial charge in [0, 0.05) is 23.8 Å². The number of imidazole rings is 1. The number of para-hydroxylation sites is 1. The molecule has 0 aliphatic carbocycles. The maximum atomic E-state index is 5.79. The molecule has 4 nitrogen and oxygen atoms in total. The van der Waals surface area contributed by atoms with Gasteiger partial charge in [-0.15, -0.1) is 0 Å². The van der Waals surface area contributed by atoms with Gasteiger partial charge in [-0.2, -0.15) is 0 Å². The lowest BCUT2D eigenvalue weighted by Gasteiger charge is -2.07. The zero-order valence-electron chi connectivity index (χ0n) is 8.54. The largest absolute Gasteiger partial charge is 0.384 e. The monoisotopic (exact) mass is 210 g/mol. The van der Waals surface area contributed by atoms with Crippen LogP contribution in [0.5, 0.6) is 0 Å². The lowest BCUT2D eigenvalue weighted by molar-refractivity contribution is 1.07. The van der Waals surface area contributed by atoms with E-state index in [0.29, 0.717) is 5.82 Å². The summed E-state index contributed by atoms with van der Waals surface area (Å²) >= 11 is 0. The van der Waals surface area contributed by atoms with Gasteiger partial charge in [0.15, 0.2) is 0 Å². The van der Waals surface area contributed by atoms with Crippen molar-refractivity contribution >= 4 is 16.7 Å². The Kier molecular flexibility index (Phi) is 1.86. The van der Waals surface area contributed by atoms with Crippen molar-refractivity contribution in [2.75, 3.05) is 5.73 Å². The normalized spacial score (nSPS) is 10.8. The minimum Gasteiger partial charge on any atom is -0.384 e. The Bertz CT molecular complexity index is 629. The van der Waals surface area contributed by atoms with Crippen molar-refractivity contribution < 1.29 is 0 Å². The number of pyridine rings is 1. The summed E-state index contributed by atoms with van der Waals surface area (Å²) in [5.41, 5.74) is 7.68. The van der Waals surface area contributed by atoms with E-state index in [0.717, 1.165) is 16.6 Å². The molecular weight excluding hydrogens is 200 g/mol. The first-order chi connectivity index (χ1) is 7.84. The van der Waals surface area contributed by atoms with E-state index in [1.807, 2.05) is 41.1 Å². The molecule has 78 valence electrons. The molecule has 2 N–H and O–H groups in total. The average molecular weight is 210 g/mol. The average Bonchev–Trinajstić information content (AvgIpc) is 2.81. The van der Waals surface area contributed by atoms with E-state index < -0.39 is 0 Å². The summed E-state index contributed by atoms with van der Waals surface area (Å²) in [6.45, 7) is 0. The van der Waals surface area contributed by atoms with Crippen LogP contribution in [0.2, 0.25) is 0 Å². The Morgan fingerprint density at radius 1 is 1.19 bits per heavy atom. The van der Waals surface area contributed by atoms with Crippen LogP contribution >= 0.6 is 0 Å². The van der Waals surface area contributed by atoms with E-state index in [2.05, 4.69) is 9.97 Å². The van der Waals surface area contributed by atoms with Crippen molar-refractivity contribution in [1.82, 2.24) is 14.5 Å². The number of nitrogen functional groups attached to an aromatic ring is 1. The second-order valence-corrected chi connectivity index (χ2v) is 3.55. The minimum atomic E-state index is 0.516. The third-order valence-electron chi connectivity index (χ3n) is 2.50. The summed E-state index contributed by atoms with van der Waals surface area (Å²) in [6.07, 6.45) is 5.38. The number of anilines is 1. The van der Waals surface area contributed by atoms with Gasteiger partial charge < -0.3 is 10.3 Å². The molecule has 0 radical (unpaired) electrons. The number of nitrogens with zero attached hydrogens (tertiary/aromatic N) is 3. The van der Waals surface area contributed by atoms with Crippen LogP contribution in [0.25, 0.3) is 16.6 Å². The molecule has 0 unspecified atom stereocenters. The number of benzene rings is 1. The third kappa shape index (κ3) is 1.32. The number of nitrogens with two attached hydrogens (primary N) is 1. The highest BCUT2D eigenvalue weighted by Gasteiger charge is 2.04. The van der Waals surface area contributed by atoms with E-state index in [9.17, 15) is 0 Å². The number of hydrogen-bond donors (Lipinski definition) is 1. The predicted octanol–water partition coefficient (Wildman–Crippen LogP) is 2.00. The second-order valence-electron chi connectivity index (χ2n) is 3.55. The van der Waals surface area contributed by atoms with Gasteiger partial charge in [0.2, 0.25) is 0 Å². The van der Waals surface area contributed by atoms with E-state index >= 15 is 0 Å². The summed E-state index contributed by atoms with van der Waals surface area (Å²) in [5.74, 6) is 0.516. The predicted molar refractivity (Wildman–Crippen MR) is 63.3 cm³/mol. The van der Waals surface area contributed by atoms with Crippen molar-refractivity contribution in [3.8, 4) is 5.69 Å². The van der Waals surface area contributed by atoms with Gasteiger partial charge in [0.05, 0.1) is 17.5 Å². The molecule has 1 aromatic carbocycles. The van der Waals surface area contributed by atoms with Crippen LogP contribution < -0.4 is 5.73 Å². The van der Waals surface area contributed by atoms with Crippen LogP contribution in [0, 0.1) is 0 Å². The van der Waals surface area contributed by atoms with Gasteiger partial charge in [0.25, 0.3) is 0 Å². The van der Waals surface area contributed by atoms with E-state index in [4.69, 9.17) is 5.73 Å². The molecule has 2 heterocycles. The Morgan fingerprint density at radius 3 is 2.88 bits per heavy atom. The second kappa shape index (κ2) is 3.34. The summed E-state index contributed by atoms with van der Waals surface area (Å²) in [7, 11) is 0. The molecule has 2 aromatic heterocycles. The zero-order valence-corrected chi connectivity index (χ0v) is 8.54. The summed E-state index contributed by atoms with van der Waals surface area (Å²) in [4.78, 5) is 8.33. The molecule has 0 aliphatic heterocycles. The van der Waals surface area contributed by atoms with Gasteiger partial charge in [-0.1, -0.05) is 18.2 Å². The zero-order chi connectivity index (χ0) is 11.0. The number of hydrogen-bond acceptors (Lipinski definition) is 3. The Labute approximate surface area is 92.4 Å². The van der Waals surface area contributed by atoms with Crippen LogP contribution in [0.3, 0.4) is 0 Å².